The molecule has 0 atom stereocenters. The second kappa shape index (κ2) is 3.74. The smallest absolute Gasteiger partial charge is 0.252 e. The predicted octanol–water partition coefficient (Wildman–Crippen LogP) is 0.707. The number of hydrogen-bond acceptors (Lipinski definition) is 4. The monoisotopic (exact) mass is 260 g/mol. The molecule has 1 aliphatic carbocycles. The Labute approximate surface area is 97.7 Å². The van der Waals surface area contributed by atoms with Crippen molar-refractivity contribution in [1.82, 2.24) is 0 Å². The third-order valence-corrected chi connectivity index (χ3v) is 4.36. The highest BCUT2D eigenvalue weighted by Gasteiger charge is 2.26. The van der Waals surface area contributed by atoms with Crippen molar-refractivity contribution >= 4 is 32.3 Å². The second-order valence-corrected chi connectivity index (χ2v) is 6.65. The van der Waals surface area contributed by atoms with Crippen molar-refractivity contribution in [3.8, 4) is 0 Å². The summed E-state index contributed by atoms with van der Waals surface area (Å²) in [6.07, 6.45) is 3.75. The Morgan fingerprint density at radius 2 is 2.12 bits per heavy atom. The van der Waals surface area contributed by atoms with Crippen LogP contribution in [-0.4, -0.2) is 20.6 Å². The molecule has 88 valence electrons. The molecule has 1 aliphatic rings. The molecule has 16 heavy (non-hydrogen) atoms. The SMILES string of the molecule is CS(=O)(=O)Nc1sc2c(c1C(N)=O)CCC2. The molecule has 0 saturated carbocycles. The number of nitrogens with two attached hydrogens (primary N) is 1. The van der Waals surface area contributed by atoms with Crippen LogP contribution in [0.4, 0.5) is 5.00 Å². The molecular weight excluding hydrogens is 248 g/mol. The predicted molar refractivity (Wildman–Crippen MR) is 63.3 cm³/mol. The van der Waals surface area contributed by atoms with E-state index in [4.69, 9.17) is 5.73 Å². The van der Waals surface area contributed by atoms with Crippen LogP contribution in [-0.2, 0) is 22.9 Å². The molecule has 0 saturated heterocycles. The number of carbonyl (C=O) groups excluding carboxylic acids is 1. The summed E-state index contributed by atoms with van der Waals surface area (Å²) in [6, 6.07) is 0. The van der Waals surface area contributed by atoms with Gasteiger partial charge in [0.2, 0.25) is 10.0 Å². The lowest BCUT2D eigenvalue weighted by molar-refractivity contribution is 0.100. The molecule has 1 aromatic heterocycles. The van der Waals surface area contributed by atoms with Gasteiger partial charge in [-0.3, -0.25) is 9.52 Å². The zero-order valence-electron chi connectivity index (χ0n) is 8.74. The van der Waals surface area contributed by atoms with Crippen LogP contribution in [0.25, 0.3) is 0 Å². The van der Waals surface area contributed by atoms with E-state index in [-0.39, 0.29) is 0 Å². The highest BCUT2D eigenvalue weighted by molar-refractivity contribution is 7.92. The molecule has 1 heterocycles. The number of thiophene rings is 1. The van der Waals surface area contributed by atoms with Crippen molar-refractivity contribution < 1.29 is 13.2 Å². The van der Waals surface area contributed by atoms with Crippen molar-refractivity contribution in [3.63, 3.8) is 0 Å². The molecule has 0 bridgehead atoms. The maximum absolute atomic E-state index is 11.3. The second-order valence-electron chi connectivity index (χ2n) is 3.80. The van der Waals surface area contributed by atoms with E-state index in [0.717, 1.165) is 36.0 Å². The van der Waals surface area contributed by atoms with Crippen molar-refractivity contribution in [1.29, 1.82) is 0 Å². The molecule has 0 spiro atoms. The minimum atomic E-state index is -3.37. The lowest BCUT2D eigenvalue weighted by atomic mass is 10.1. The van der Waals surface area contributed by atoms with Gasteiger partial charge in [-0.05, 0) is 24.8 Å². The molecule has 3 N–H and O–H groups in total. The number of carbonyl (C=O) groups is 1. The Bertz CT molecular complexity index is 545. The van der Waals surface area contributed by atoms with Gasteiger partial charge in [0.15, 0.2) is 0 Å². The maximum Gasteiger partial charge on any atom is 0.252 e. The van der Waals surface area contributed by atoms with Crippen LogP contribution in [0, 0.1) is 0 Å². The topological polar surface area (TPSA) is 89.3 Å². The number of anilines is 1. The first-order valence-electron chi connectivity index (χ1n) is 4.80. The number of sulfonamides is 1. The first-order chi connectivity index (χ1) is 7.38. The Morgan fingerprint density at radius 3 is 2.69 bits per heavy atom. The Balaban J connectivity index is 2.50. The van der Waals surface area contributed by atoms with E-state index in [1.165, 1.54) is 11.3 Å². The molecule has 1 aromatic rings. The van der Waals surface area contributed by atoms with Gasteiger partial charge in [0.1, 0.15) is 5.00 Å². The van der Waals surface area contributed by atoms with Gasteiger partial charge in [-0.15, -0.1) is 11.3 Å². The summed E-state index contributed by atoms with van der Waals surface area (Å²) in [5, 5.41) is 0.361. The van der Waals surface area contributed by atoms with Crippen LogP contribution >= 0.6 is 11.3 Å². The van der Waals surface area contributed by atoms with E-state index in [2.05, 4.69) is 4.72 Å². The summed E-state index contributed by atoms with van der Waals surface area (Å²) in [7, 11) is -3.37. The van der Waals surface area contributed by atoms with E-state index in [1.807, 2.05) is 0 Å². The van der Waals surface area contributed by atoms with E-state index < -0.39 is 15.9 Å². The van der Waals surface area contributed by atoms with Crippen molar-refractivity contribution in [2.45, 2.75) is 19.3 Å². The van der Waals surface area contributed by atoms with Crippen LogP contribution in [0.3, 0.4) is 0 Å². The Hall–Kier alpha value is -1.08. The van der Waals surface area contributed by atoms with E-state index in [1.54, 1.807) is 0 Å². The van der Waals surface area contributed by atoms with Gasteiger partial charge < -0.3 is 5.73 Å². The van der Waals surface area contributed by atoms with Crippen molar-refractivity contribution in [2.24, 2.45) is 5.73 Å². The zero-order valence-corrected chi connectivity index (χ0v) is 10.4. The minimum absolute atomic E-state index is 0.350. The number of primary amides is 1. The molecule has 2 rings (SSSR count). The van der Waals surface area contributed by atoms with Crippen LogP contribution in [0.1, 0.15) is 27.2 Å². The molecular formula is C9H12N2O3S2. The summed E-state index contributed by atoms with van der Waals surface area (Å²) in [5.74, 6) is -0.564. The number of aryl methyl sites for hydroxylation is 1. The van der Waals surface area contributed by atoms with Gasteiger partial charge >= 0.3 is 0 Å². The minimum Gasteiger partial charge on any atom is -0.365 e. The van der Waals surface area contributed by atoms with Gasteiger partial charge in [0.05, 0.1) is 11.8 Å². The molecule has 0 aliphatic heterocycles. The third-order valence-electron chi connectivity index (χ3n) is 2.45. The third kappa shape index (κ3) is 2.05. The molecule has 1 amide bonds. The highest BCUT2D eigenvalue weighted by Crippen LogP contribution is 2.39. The summed E-state index contributed by atoms with van der Waals surface area (Å²) in [4.78, 5) is 12.4. The summed E-state index contributed by atoms with van der Waals surface area (Å²) in [6.45, 7) is 0. The quantitative estimate of drug-likeness (QED) is 0.838. The fraction of sp³-hybridized carbons (Fsp3) is 0.444. The van der Waals surface area contributed by atoms with Crippen LogP contribution in [0.2, 0.25) is 0 Å². The lowest BCUT2D eigenvalue weighted by Gasteiger charge is -2.03. The first-order valence-corrected chi connectivity index (χ1v) is 7.51. The molecule has 0 fully saturated rings. The standard InChI is InChI=1S/C9H12N2O3S2/c1-16(13,14)11-9-7(8(10)12)5-3-2-4-6(5)15-9/h11H,2-4H2,1H3,(H2,10,12). The summed E-state index contributed by atoms with van der Waals surface area (Å²) in [5.41, 5.74) is 6.55. The average molecular weight is 260 g/mol. The lowest BCUT2D eigenvalue weighted by Crippen LogP contribution is -2.17. The summed E-state index contributed by atoms with van der Waals surface area (Å²) < 4.78 is 24.6. The van der Waals surface area contributed by atoms with Crippen LogP contribution < -0.4 is 10.5 Å². The van der Waals surface area contributed by atoms with Crippen molar-refractivity contribution in [3.05, 3.63) is 16.0 Å². The number of hydrogen-bond donors (Lipinski definition) is 2. The van der Waals surface area contributed by atoms with Crippen LogP contribution in [0.5, 0.6) is 0 Å². The normalized spacial score (nSPS) is 14.8. The number of nitrogens with one attached hydrogen (secondary N) is 1. The van der Waals surface area contributed by atoms with E-state index >= 15 is 0 Å². The van der Waals surface area contributed by atoms with Gasteiger partial charge in [-0.25, -0.2) is 8.42 Å². The summed E-state index contributed by atoms with van der Waals surface area (Å²) >= 11 is 1.31. The largest absolute Gasteiger partial charge is 0.365 e. The number of fused-ring (bicyclic) bond motifs is 1. The fourth-order valence-corrected chi connectivity index (χ4v) is 4.11. The van der Waals surface area contributed by atoms with Crippen LogP contribution in [0.15, 0.2) is 0 Å². The van der Waals surface area contributed by atoms with Gasteiger partial charge in [-0.1, -0.05) is 0 Å². The number of rotatable bonds is 3. The van der Waals surface area contributed by atoms with Gasteiger partial charge in [0.25, 0.3) is 5.91 Å². The van der Waals surface area contributed by atoms with Crippen molar-refractivity contribution in [2.75, 3.05) is 11.0 Å². The van der Waals surface area contributed by atoms with Gasteiger partial charge in [-0.2, -0.15) is 0 Å². The molecule has 0 radical (unpaired) electrons. The average Bonchev–Trinajstić information content (AvgIpc) is 2.58. The molecule has 0 unspecified atom stereocenters. The fourth-order valence-electron chi connectivity index (χ4n) is 1.91. The number of amides is 1. The van der Waals surface area contributed by atoms with E-state index in [9.17, 15) is 13.2 Å². The Kier molecular flexibility index (Phi) is 2.67. The Morgan fingerprint density at radius 1 is 1.44 bits per heavy atom. The van der Waals surface area contributed by atoms with E-state index in [0.29, 0.717) is 10.6 Å². The van der Waals surface area contributed by atoms with Gasteiger partial charge in [0, 0.05) is 4.88 Å². The first kappa shape index (κ1) is 11.4. The zero-order chi connectivity index (χ0) is 11.9. The molecule has 0 aromatic carbocycles. The highest BCUT2D eigenvalue weighted by atomic mass is 32.2. The molecule has 7 heteroatoms. The molecule has 5 nitrogen and oxygen atoms in total. The maximum atomic E-state index is 11.3.